The molecule has 0 amide bonds. The highest BCUT2D eigenvalue weighted by Crippen LogP contribution is 2.25. The van der Waals surface area contributed by atoms with Gasteiger partial charge in [-0.1, -0.05) is 26.0 Å². The standard InChI is InChI=1S/C13H18N2O5/c1-9(2)14-10(13(16)19-3)8-20-12-7-5-4-6-11(12)15(17)18/h4-7,9-10,14H,8H2,1-3H3. The summed E-state index contributed by atoms with van der Waals surface area (Å²) in [5, 5.41) is 13.8. The van der Waals surface area contributed by atoms with E-state index in [1.807, 2.05) is 13.8 Å². The van der Waals surface area contributed by atoms with Gasteiger partial charge in [0.25, 0.3) is 0 Å². The van der Waals surface area contributed by atoms with Crippen LogP contribution in [-0.2, 0) is 9.53 Å². The van der Waals surface area contributed by atoms with Gasteiger partial charge in [0.05, 0.1) is 12.0 Å². The Bertz CT molecular complexity index is 476. The minimum atomic E-state index is -0.681. The summed E-state index contributed by atoms with van der Waals surface area (Å²) in [4.78, 5) is 21.9. The van der Waals surface area contributed by atoms with Gasteiger partial charge in [-0.15, -0.1) is 0 Å². The fourth-order valence-corrected chi connectivity index (χ4v) is 1.63. The first-order valence-electron chi connectivity index (χ1n) is 6.15. The number of carbonyl (C=O) groups excluding carboxylic acids is 1. The molecule has 20 heavy (non-hydrogen) atoms. The molecule has 0 radical (unpaired) electrons. The predicted octanol–water partition coefficient (Wildman–Crippen LogP) is 1.51. The van der Waals surface area contributed by atoms with Gasteiger partial charge in [-0.05, 0) is 6.07 Å². The third-order valence-corrected chi connectivity index (χ3v) is 2.49. The maximum atomic E-state index is 11.6. The molecule has 0 saturated carbocycles. The lowest BCUT2D eigenvalue weighted by Gasteiger charge is -2.19. The lowest BCUT2D eigenvalue weighted by Crippen LogP contribution is -2.45. The number of hydrogen-bond donors (Lipinski definition) is 1. The van der Waals surface area contributed by atoms with Gasteiger partial charge in [-0.25, -0.2) is 0 Å². The van der Waals surface area contributed by atoms with Crippen LogP contribution in [0.3, 0.4) is 0 Å². The molecule has 1 aromatic rings. The van der Waals surface area contributed by atoms with Gasteiger partial charge in [-0.3, -0.25) is 20.2 Å². The van der Waals surface area contributed by atoms with Crippen LogP contribution in [0.4, 0.5) is 5.69 Å². The Morgan fingerprint density at radius 1 is 1.40 bits per heavy atom. The maximum Gasteiger partial charge on any atom is 0.326 e. The van der Waals surface area contributed by atoms with Crippen molar-refractivity contribution >= 4 is 11.7 Å². The number of nitrogens with zero attached hydrogens (tertiary/aromatic N) is 1. The van der Waals surface area contributed by atoms with E-state index in [-0.39, 0.29) is 24.1 Å². The summed E-state index contributed by atoms with van der Waals surface area (Å²) in [6, 6.07) is 5.38. The Labute approximate surface area is 117 Å². The lowest BCUT2D eigenvalue weighted by molar-refractivity contribution is -0.385. The van der Waals surface area contributed by atoms with Gasteiger partial charge in [0.2, 0.25) is 0 Å². The molecule has 0 aromatic heterocycles. The largest absolute Gasteiger partial charge is 0.485 e. The second-order valence-corrected chi connectivity index (χ2v) is 4.43. The molecule has 0 aliphatic rings. The molecule has 0 aliphatic carbocycles. The molecule has 1 unspecified atom stereocenters. The second-order valence-electron chi connectivity index (χ2n) is 4.43. The van der Waals surface area contributed by atoms with Crippen molar-refractivity contribution < 1.29 is 19.2 Å². The number of para-hydroxylation sites is 2. The quantitative estimate of drug-likeness (QED) is 0.463. The number of benzene rings is 1. The molecule has 0 heterocycles. The molecule has 1 N–H and O–H groups in total. The van der Waals surface area contributed by atoms with Crippen molar-refractivity contribution in [2.75, 3.05) is 13.7 Å². The average molecular weight is 282 g/mol. The van der Waals surface area contributed by atoms with E-state index in [9.17, 15) is 14.9 Å². The number of ether oxygens (including phenoxy) is 2. The Morgan fingerprint density at radius 2 is 2.05 bits per heavy atom. The minimum absolute atomic E-state index is 0.0459. The zero-order valence-electron chi connectivity index (χ0n) is 11.7. The molecular weight excluding hydrogens is 264 g/mol. The number of nitro benzene ring substituents is 1. The summed E-state index contributed by atoms with van der Waals surface area (Å²) in [6.45, 7) is 3.71. The van der Waals surface area contributed by atoms with Crippen molar-refractivity contribution in [2.45, 2.75) is 25.9 Å². The summed E-state index contributed by atoms with van der Waals surface area (Å²) in [7, 11) is 1.28. The molecule has 0 fully saturated rings. The van der Waals surface area contributed by atoms with Gasteiger partial charge in [0, 0.05) is 12.1 Å². The Hall–Kier alpha value is -2.15. The Morgan fingerprint density at radius 3 is 2.60 bits per heavy atom. The van der Waals surface area contributed by atoms with Crippen LogP contribution in [0.15, 0.2) is 24.3 Å². The molecule has 7 heteroatoms. The van der Waals surface area contributed by atoms with Crippen molar-refractivity contribution in [1.29, 1.82) is 0 Å². The van der Waals surface area contributed by atoms with E-state index in [1.54, 1.807) is 12.1 Å². The van der Waals surface area contributed by atoms with Crippen LogP contribution in [0.2, 0.25) is 0 Å². The molecule has 1 rings (SSSR count). The molecular formula is C13H18N2O5. The number of hydrogen-bond acceptors (Lipinski definition) is 6. The highest BCUT2D eigenvalue weighted by molar-refractivity contribution is 5.75. The number of rotatable bonds is 7. The SMILES string of the molecule is COC(=O)C(COc1ccccc1[N+](=O)[O-])NC(C)C. The smallest absolute Gasteiger partial charge is 0.326 e. The first-order valence-corrected chi connectivity index (χ1v) is 6.15. The van der Waals surface area contributed by atoms with Crippen LogP contribution in [0.25, 0.3) is 0 Å². The van der Waals surface area contributed by atoms with Crippen LogP contribution in [0.5, 0.6) is 5.75 Å². The van der Waals surface area contributed by atoms with Gasteiger partial charge in [0.1, 0.15) is 12.6 Å². The average Bonchev–Trinajstić information content (AvgIpc) is 2.42. The van der Waals surface area contributed by atoms with Crippen LogP contribution in [0, 0.1) is 10.1 Å². The van der Waals surface area contributed by atoms with E-state index >= 15 is 0 Å². The van der Waals surface area contributed by atoms with Crippen molar-refractivity contribution in [3.63, 3.8) is 0 Å². The molecule has 1 aromatic carbocycles. The van der Waals surface area contributed by atoms with Crippen molar-refractivity contribution in [3.05, 3.63) is 34.4 Å². The molecule has 1 atom stereocenters. The summed E-state index contributed by atoms with van der Waals surface area (Å²) >= 11 is 0. The zero-order chi connectivity index (χ0) is 15.1. The minimum Gasteiger partial charge on any atom is -0.485 e. The number of carbonyl (C=O) groups is 1. The van der Waals surface area contributed by atoms with Gasteiger partial charge in [0.15, 0.2) is 5.75 Å². The normalized spacial score (nSPS) is 12.0. The summed E-state index contributed by atoms with van der Waals surface area (Å²) < 4.78 is 10.0. The van der Waals surface area contributed by atoms with Gasteiger partial charge >= 0.3 is 11.7 Å². The Kier molecular flexibility index (Phi) is 5.92. The van der Waals surface area contributed by atoms with Gasteiger partial charge in [-0.2, -0.15) is 0 Å². The van der Waals surface area contributed by atoms with Crippen molar-refractivity contribution in [1.82, 2.24) is 5.32 Å². The molecule has 110 valence electrons. The number of nitrogens with one attached hydrogen (secondary N) is 1. The third kappa shape index (κ3) is 4.51. The first-order chi connectivity index (χ1) is 9.45. The fraction of sp³-hybridized carbons (Fsp3) is 0.462. The van der Waals surface area contributed by atoms with E-state index in [0.29, 0.717) is 0 Å². The summed E-state index contributed by atoms with van der Waals surface area (Å²) in [5.41, 5.74) is -0.138. The lowest BCUT2D eigenvalue weighted by atomic mass is 10.2. The van der Waals surface area contributed by atoms with E-state index in [1.165, 1.54) is 19.2 Å². The van der Waals surface area contributed by atoms with Crippen LogP contribution < -0.4 is 10.1 Å². The summed E-state index contributed by atoms with van der Waals surface area (Å²) in [5.74, 6) is -0.353. The first kappa shape index (κ1) is 15.9. The molecule has 0 saturated heterocycles. The van der Waals surface area contributed by atoms with Crippen LogP contribution in [-0.4, -0.2) is 36.7 Å². The zero-order valence-corrected chi connectivity index (χ0v) is 11.7. The maximum absolute atomic E-state index is 11.6. The van der Waals surface area contributed by atoms with E-state index in [2.05, 4.69) is 10.1 Å². The van der Waals surface area contributed by atoms with E-state index in [0.717, 1.165) is 0 Å². The molecule has 7 nitrogen and oxygen atoms in total. The van der Waals surface area contributed by atoms with E-state index in [4.69, 9.17) is 4.74 Å². The number of nitro groups is 1. The highest BCUT2D eigenvalue weighted by Gasteiger charge is 2.22. The number of methoxy groups -OCH3 is 1. The van der Waals surface area contributed by atoms with Crippen molar-refractivity contribution in [3.8, 4) is 5.75 Å². The number of esters is 1. The predicted molar refractivity (Wildman–Crippen MR) is 72.7 cm³/mol. The van der Waals surface area contributed by atoms with Crippen molar-refractivity contribution in [2.24, 2.45) is 0 Å². The second kappa shape index (κ2) is 7.44. The van der Waals surface area contributed by atoms with Crippen LogP contribution in [0.1, 0.15) is 13.8 Å². The van der Waals surface area contributed by atoms with Gasteiger partial charge < -0.3 is 9.47 Å². The monoisotopic (exact) mass is 282 g/mol. The van der Waals surface area contributed by atoms with Crippen LogP contribution >= 0.6 is 0 Å². The molecule has 0 aliphatic heterocycles. The Balaban J connectivity index is 2.77. The molecule has 0 bridgehead atoms. The summed E-state index contributed by atoms with van der Waals surface area (Å²) in [6.07, 6.45) is 0. The third-order valence-electron chi connectivity index (χ3n) is 2.49. The highest BCUT2D eigenvalue weighted by atomic mass is 16.6. The van der Waals surface area contributed by atoms with E-state index < -0.39 is 16.9 Å². The molecule has 0 spiro atoms. The fourth-order valence-electron chi connectivity index (χ4n) is 1.63. The topological polar surface area (TPSA) is 90.7 Å².